The molecule has 0 heterocycles. The third-order valence-corrected chi connectivity index (χ3v) is 1.26. The average molecular weight is 190 g/mol. The fraction of sp³-hybridized carbons (Fsp3) is 0.429. The van der Waals surface area contributed by atoms with E-state index in [1.54, 1.807) is 6.92 Å². The maximum Gasteiger partial charge on any atom is 0.352 e. The molecule has 0 bridgehead atoms. The summed E-state index contributed by atoms with van der Waals surface area (Å²) < 4.78 is 4.48. The van der Waals surface area contributed by atoms with E-state index in [0.717, 1.165) is 0 Å². The van der Waals surface area contributed by atoms with Crippen LogP contribution in [0.25, 0.3) is 0 Å². The molecule has 0 aromatic carbocycles. The van der Waals surface area contributed by atoms with Crippen molar-refractivity contribution < 1.29 is 14.6 Å². The molecule has 0 aliphatic heterocycles. The maximum atomic E-state index is 10.9. The molecule has 0 aromatic heterocycles. The second-order valence-electron chi connectivity index (χ2n) is 1.79. The van der Waals surface area contributed by atoms with Gasteiger partial charge in [0.2, 0.25) is 0 Å². The maximum absolute atomic E-state index is 10.9. The molecule has 0 saturated carbocycles. The van der Waals surface area contributed by atoms with Crippen molar-refractivity contribution in [3.8, 4) is 6.07 Å². The summed E-state index contributed by atoms with van der Waals surface area (Å²) in [6, 6.07) is 1.51. The van der Waals surface area contributed by atoms with Crippen molar-refractivity contribution in [2.24, 2.45) is 0 Å². The van der Waals surface area contributed by atoms with Gasteiger partial charge in [0.15, 0.2) is 5.57 Å². The first-order valence-corrected chi connectivity index (χ1v) is 3.76. The number of alkyl halides is 1. The highest BCUT2D eigenvalue weighted by atomic mass is 35.5. The van der Waals surface area contributed by atoms with Gasteiger partial charge in [-0.25, -0.2) is 4.79 Å². The van der Waals surface area contributed by atoms with Crippen LogP contribution in [0.15, 0.2) is 11.3 Å². The van der Waals surface area contributed by atoms with Crippen LogP contribution in [0.2, 0.25) is 0 Å². The van der Waals surface area contributed by atoms with E-state index >= 15 is 0 Å². The van der Waals surface area contributed by atoms with Gasteiger partial charge in [0.25, 0.3) is 0 Å². The van der Waals surface area contributed by atoms with E-state index in [4.69, 9.17) is 22.0 Å². The largest absolute Gasteiger partial charge is 0.509 e. The first-order valence-electron chi connectivity index (χ1n) is 3.22. The summed E-state index contributed by atoms with van der Waals surface area (Å²) in [6.07, 6.45) is 0. The number of carbonyl (C=O) groups is 1. The highest BCUT2D eigenvalue weighted by Crippen LogP contribution is 2.04. The predicted octanol–water partition coefficient (Wildman–Crippen LogP) is 1.12. The predicted molar refractivity (Wildman–Crippen MR) is 42.6 cm³/mol. The molecule has 0 amide bonds. The zero-order chi connectivity index (χ0) is 9.56. The number of allylic oxidation sites excluding steroid dienone is 1. The van der Waals surface area contributed by atoms with Crippen molar-refractivity contribution in [3.05, 3.63) is 11.3 Å². The molecule has 66 valence electrons. The minimum atomic E-state index is -0.849. The Kier molecular flexibility index (Phi) is 4.89. The van der Waals surface area contributed by atoms with Crippen LogP contribution in [0, 0.1) is 11.3 Å². The molecule has 4 nitrogen and oxygen atoms in total. The lowest BCUT2D eigenvalue weighted by Gasteiger charge is -2.00. The molecule has 0 aliphatic rings. The third-order valence-electron chi connectivity index (χ3n) is 1.01. The molecule has 0 saturated heterocycles. The zero-order valence-electron chi connectivity index (χ0n) is 6.50. The van der Waals surface area contributed by atoms with Crippen LogP contribution in [-0.2, 0) is 9.53 Å². The molecule has 0 rings (SSSR count). The van der Waals surface area contributed by atoms with E-state index < -0.39 is 17.3 Å². The Bertz CT molecular complexity index is 242. The number of nitriles is 1. The van der Waals surface area contributed by atoms with Gasteiger partial charge in [0.05, 0.1) is 12.5 Å². The van der Waals surface area contributed by atoms with Gasteiger partial charge in [-0.05, 0) is 6.92 Å². The van der Waals surface area contributed by atoms with Gasteiger partial charge in [0.1, 0.15) is 11.8 Å². The third kappa shape index (κ3) is 2.81. The number of aliphatic hydroxyl groups excluding tert-OH is 1. The fourth-order valence-electron chi connectivity index (χ4n) is 0.498. The number of ether oxygens (including phenoxy) is 1. The quantitative estimate of drug-likeness (QED) is 0.238. The van der Waals surface area contributed by atoms with Gasteiger partial charge >= 0.3 is 5.97 Å². The van der Waals surface area contributed by atoms with E-state index in [1.165, 1.54) is 6.07 Å². The van der Waals surface area contributed by atoms with Crippen LogP contribution in [-0.4, -0.2) is 23.6 Å². The van der Waals surface area contributed by atoms with E-state index in [-0.39, 0.29) is 12.5 Å². The van der Waals surface area contributed by atoms with Crippen LogP contribution >= 0.6 is 11.6 Å². The van der Waals surface area contributed by atoms with Crippen molar-refractivity contribution in [3.63, 3.8) is 0 Å². The number of aliphatic hydroxyl groups is 1. The van der Waals surface area contributed by atoms with Crippen LogP contribution < -0.4 is 0 Å². The molecule has 0 spiro atoms. The molecule has 0 fully saturated rings. The van der Waals surface area contributed by atoms with Crippen molar-refractivity contribution >= 4 is 17.6 Å². The zero-order valence-corrected chi connectivity index (χ0v) is 7.26. The van der Waals surface area contributed by atoms with Crippen molar-refractivity contribution in [2.75, 3.05) is 12.5 Å². The van der Waals surface area contributed by atoms with E-state index in [0.29, 0.717) is 0 Å². The molecular weight excluding hydrogens is 182 g/mol. The molecule has 0 atom stereocenters. The summed E-state index contributed by atoms with van der Waals surface area (Å²) in [5, 5.41) is 17.3. The van der Waals surface area contributed by atoms with Crippen molar-refractivity contribution in [1.82, 2.24) is 0 Å². The average Bonchev–Trinajstić information content (AvgIpc) is 2.06. The summed E-state index contributed by atoms with van der Waals surface area (Å²) >= 11 is 5.20. The first kappa shape index (κ1) is 10.8. The Morgan fingerprint density at radius 3 is 2.67 bits per heavy atom. The topological polar surface area (TPSA) is 70.3 Å². The highest BCUT2D eigenvalue weighted by Gasteiger charge is 2.14. The normalized spacial score (nSPS) is 11.4. The summed E-state index contributed by atoms with van der Waals surface area (Å²) in [6.45, 7) is 1.75. The minimum Gasteiger partial charge on any atom is -0.509 e. The smallest absolute Gasteiger partial charge is 0.352 e. The molecule has 12 heavy (non-hydrogen) atoms. The number of carbonyl (C=O) groups excluding carboxylic acids is 1. The number of rotatable bonds is 3. The molecular formula is C7H8ClNO3. The molecule has 0 radical (unpaired) electrons. The summed E-state index contributed by atoms with van der Waals surface area (Å²) in [5.74, 6) is -1.59. The van der Waals surface area contributed by atoms with Gasteiger partial charge in [-0.2, -0.15) is 5.26 Å². The number of nitrogens with zero attached hydrogens (tertiary/aromatic N) is 1. The SMILES string of the molecule is CCOC(=O)/C(C#N)=C(\O)CCl. The van der Waals surface area contributed by atoms with Crippen LogP contribution in [0.3, 0.4) is 0 Å². The van der Waals surface area contributed by atoms with Gasteiger partial charge in [-0.1, -0.05) is 0 Å². The van der Waals surface area contributed by atoms with Gasteiger partial charge in [0, 0.05) is 0 Å². The number of hydrogen-bond acceptors (Lipinski definition) is 4. The van der Waals surface area contributed by atoms with Gasteiger partial charge in [-0.3, -0.25) is 0 Å². The second kappa shape index (κ2) is 5.44. The van der Waals surface area contributed by atoms with Crippen molar-refractivity contribution in [1.29, 1.82) is 5.26 Å². The Morgan fingerprint density at radius 2 is 2.33 bits per heavy atom. The lowest BCUT2D eigenvalue weighted by molar-refractivity contribution is -0.138. The Labute approximate surface area is 75.0 Å². The van der Waals surface area contributed by atoms with Crippen molar-refractivity contribution in [2.45, 2.75) is 6.92 Å². The van der Waals surface area contributed by atoms with Gasteiger partial charge < -0.3 is 9.84 Å². The molecule has 0 aliphatic carbocycles. The molecule has 5 heteroatoms. The Morgan fingerprint density at radius 1 is 1.75 bits per heavy atom. The van der Waals surface area contributed by atoms with E-state index in [9.17, 15) is 4.79 Å². The summed E-state index contributed by atoms with van der Waals surface area (Å²) in [5.41, 5.74) is -0.438. The van der Waals surface area contributed by atoms with Crippen LogP contribution in [0.1, 0.15) is 6.92 Å². The molecule has 0 unspecified atom stereocenters. The lowest BCUT2D eigenvalue weighted by atomic mass is 10.2. The monoisotopic (exact) mass is 189 g/mol. The standard InChI is InChI=1S/C7H8ClNO3/c1-2-12-7(11)5(4-9)6(10)3-8/h10H,2-3H2,1H3/b6-5-. The highest BCUT2D eigenvalue weighted by molar-refractivity contribution is 6.19. The lowest BCUT2D eigenvalue weighted by Crippen LogP contribution is -2.09. The molecule has 0 aromatic rings. The van der Waals surface area contributed by atoms with E-state index in [1.807, 2.05) is 0 Å². The Hall–Kier alpha value is -1.21. The number of hydrogen-bond donors (Lipinski definition) is 1. The number of halogens is 1. The second-order valence-corrected chi connectivity index (χ2v) is 2.05. The summed E-state index contributed by atoms with van der Waals surface area (Å²) in [4.78, 5) is 10.9. The van der Waals surface area contributed by atoms with Crippen LogP contribution in [0.4, 0.5) is 0 Å². The van der Waals surface area contributed by atoms with Gasteiger partial charge in [-0.15, -0.1) is 11.6 Å². The fourth-order valence-corrected chi connectivity index (χ4v) is 0.632. The summed E-state index contributed by atoms with van der Waals surface area (Å²) in [7, 11) is 0. The Balaban J connectivity index is 4.59. The molecule has 1 N–H and O–H groups in total. The van der Waals surface area contributed by atoms with Crippen LogP contribution in [0.5, 0.6) is 0 Å². The first-order chi connectivity index (χ1) is 5.67. The minimum absolute atomic E-state index is 0.152. The number of esters is 1. The van der Waals surface area contributed by atoms with E-state index in [2.05, 4.69) is 4.74 Å².